The van der Waals surface area contributed by atoms with Gasteiger partial charge in [0.25, 0.3) is 0 Å². The van der Waals surface area contributed by atoms with E-state index in [4.69, 9.17) is 11.6 Å². The van der Waals surface area contributed by atoms with E-state index in [0.29, 0.717) is 44.1 Å². The molecule has 4 N–H and O–H groups in total. The molecule has 1 aromatic carbocycles. The Balaban J connectivity index is 1.34. The van der Waals surface area contributed by atoms with E-state index in [-0.39, 0.29) is 63.3 Å². The third-order valence-electron chi connectivity index (χ3n) is 18.9. The van der Waals surface area contributed by atoms with Crippen LogP contribution in [0.15, 0.2) is 18.2 Å². The second-order valence-electron chi connectivity index (χ2n) is 26.2. The number of aryl methyl sites for hydroxylation is 1. The van der Waals surface area contributed by atoms with Crippen LogP contribution < -0.4 is 21.3 Å². The molecule has 8 atom stereocenters. The maximum Gasteiger partial charge on any atom is 0.417 e. The molecule has 6 rings (SSSR count). The zero-order chi connectivity index (χ0) is 66.0. The van der Waals surface area contributed by atoms with Crippen LogP contribution in [0.2, 0.25) is 5.02 Å². The number of hydrogen-bond donors (Lipinski definition) is 4. The number of benzene rings is 1. The Bertz CT molecular complexity index is 2770. The van der Waals surface area contributed by atoms with Crippen LogP contribution in [0.3, 0.4) is 0 Å². The van der Waals surface area contributed by atoms with Crippen LogP contribution in [0.25, 0.3) is 0 Å². The normalized spacial score (nSPS) is 27.3. The summed E-state index contributed by atoms with van der Waals surface area (Å²) < 4.78 is 41.3. The average molecular weight is 1270 g/mol. The molecule has 5 fully saturated rings. The first-order chi connectivity index (χ1) is 41.8. The highest BCUT2D eigenvalue weighted by atomic mass is 35.5. The van der Waals surface area contributed by atoms with E-state index in [1.807, 2.05) is 6.92 Å². The van der Waals surface area contributed by atoms with Crippen molar-refractivity contribution in [2.75, 3.05) is 68.5 Å². The van der Waals surface area contributed by atoms with Crippen LogP contribution in [0, 0.1) is 23.7 Å². The largest absolute Gasteiger partial charge is 0.417 e. The van der Waals surface area contributed by atoms with Gasteiger partial charge in [-0.3, -0.25) is 52.7 Å². The predicted octanol–water partition coefficient (Wildman–Crippen LogP) is 4.53. The molecule has 2 saturated heterocycles. The maximum atomic E-state index is 15.0. The number of carbonyl (C=O) groups excluding carboxylic acids is 11. The molecule has 3 aliphatic carbocycles. The smallest absolute Gasteiger partial charge is 0.351 e. The van der Waals surface area contributed by atoms with Gasteiger partial charge in [-0.05, 0) is 106 Å². The van der Waals surface area contributed by atoms with Crippen molar-refractivity contribution in [1.29, 1.82) is 0 Å². The number of alkyl halides is 3. The predicted molar refractivity (Wildman–Crippen MR) is 326 cm³/mol. The molecule has 5 aliphatic rings. The van der Waals surface area contributed by atoms with Gasteiger partial charge in [-0.15, -0.1) is 0 Å². The van der Waals surface area contributed by atoms with Crippen molar-refractivity contribution < 1.29 is 65.9 Å². The molecule has 11 amide bonds. The molecular formula is C63H95ClF3N11O11. The molecule has 26 heteroatoms. The molecule has 1 aromatic rings. The monoisotopic (exact) mass is 1270 g/mol. The van der Waals surface area contributed by atoms with Gasteiger partial charge in [0.15, 0.2) is 0 Å². The fourth-order valence-corrected chi connectivity index (χ4v) is 13.6. The van der Waals surface area contributed by atoms with E-state index < -0.39 is 161 Å². The third-order valence-corrected chi connectivity index (χ3v) is 19.2. The van der Waals surface area contributed by atoms with E-state index in [1.54, 1.807) is 27.7 Å². The van der Waals surface area contributed by atoms with Gasteiger partial charge in [0.2, 0.25) is 65.0 Å². The highest BCUT2D eigenvalue weighted by Crippen LogP contribution is 2.38. The lowest BCUT2D eigenvalue weighted by atomic mass is 9.84. The quantitative estimate of drug-likeness (QED) is 0.267. The van der Waals surface area contributed by atoms with Crippen molar-refractivity contribution in [1.82, 2.24) is 55.6 Å². The summed E-state index contributed by atoms with van der Waals surface area (Å²) >= 11 is 6.11. The van der Waals surface area contributed by atoms with Gasteiger partial charge in [0, 0.05) is 61.3 Å². The Morgan fingerprint density at radius 3 is 1.89 bits per heavy atom. The third kappa shape index (κ3) is 18.1. The van der Waals surface area contributed by atoms with Gasteiger partial charge in [-0.2, -0.15) is 13.2 Å². The van der Waals surface area contributed by atoms with Crippen LogP contribution in [-0.2, 0) is 65.3 Å². The lowest BCUT2D eigenvalue weighted by Crippen LogP contribution is -2.64. The Kier molecular flexibility index (Phi) is 24.9. The summed E-state index contributed by atoms with van der Waals surface area (Å²) in [6, 6.07) is -4.43. The van der Waals surface area contributed by atoms with Gasteiger partial charge in [-0.25, -0.2) is 0 Å². The van der Waals surface area contributed by atoms with Crippen LogP contribution >= 0.6 is 11.6 Å². The van der Waals surface area contributed by atoms with Crippen molar-refractivity contribution in [3.8, 4) is 0 Å². The number of likely N-dealkylation sites (N-methyl/N-ethyl adjacent to an activating group) is 6. The number of fused-ring (bicyclic) bond motifs is 1. The summed E-state index contributed by atoms with van der Waals surface area (Å²) in [5, 5.41) is 11.0. The fourth-order valence-electron chi connectivity index (χ4n) is 13.2. The first-order valence-electron chi connectivity index (χ1n) is 31.7. The van der Waals surface area contributed by atoms with E-state index in [2.05, 4.69) is 21.3 Å². The zero-order valence-electron chi connectivity index (χ0n) is 53.8. The van der Waals surface area contributed by atoms with Crippen molar-refractivity contribution >= 4 is 76.6 Å². The summed E-state index contributed by atoms with van der Waals surface area (Å²) in [5.74, 6) is -7.76. The minimum atomic E-state index is -4.74. The number of nitrogens with one attached hydrogen (secondary N) is 4. The number of carbonyl (C=O) groups is 11. The van der Waals surface area contributed by atoms with E-state index in [1.165, 1.54) is 72.9 Å². The van der Waals surface area contributed by atoms with Gasteiger partial charge in [-0.1, -0.05) is 96.7 Å². The molecule has 0 radical (unpaired) electrons. The summed E-state index contributed by atoms with van der Waals surface area (Å²) in [6.07, 6.45) is 3.22. The fraction of sp³-hybridized carbons (Fsp3) is 0.730. The van der Waals surface area contributed by atoms with E-state index in [0.717, 1.165) is 54.0 Å². The minimum absolute atomic E-state index is 0.0375. The Morgan fingerprint density at radius 2 is 1.29 bits per heavy atom. The summed E-state index contributed by atoms with van der Waals surface area (Å²) in [6.45, 7) is 7.25. The molecule has 0 aromatic heterocycles. The molecule has 1 spiro atoms. The first kappa shape index (κ1) is 71.5. The van der Waals surface area contributed by atoms with Crippen molar-refractivity contribution in [2.45, 2.75) is 204 Å². The van der Waals surface area contributed by atoms with E-state index >= 15 is 0 Å². The first-order valence-corrected chi connectivity index (χ1v) is 32.1. The Morgan fingerprint density at radius 1 is 0.663 bits per heavy atom. The number of halogens is 4. The standard InChI is InChI=1S/C63H95ClF3N11O11/c1-12-38(4)52-60(88)74(8)35-50(81)72(6)36-51(82)75(9)47(33-40-19-14-13-15-20-40)59(87)73(7)34-48(79)69-45(27-23-41-22-26-43(44(64)32-41)63(65,66)67)58(86)78-30-18-21-46(78)55(83)71-62(28-16-17-29-62)61(89)77(11)53(37(2)3)56(84)68-39(5)31-49(80)76(10)54(42-24-25-42)57(85)70-52/h22,26,32,37-40,42,45-47,52-54H,12-21,23-25,27-31,33-36H2,1-11H3,(H,68,84)(H,69,79)(H,70,85)(H,71,83)/t38-,39+,45-,46-,47-,52-,53-,54-/m0/s1. The molecule has 89 heavy (non-hydrogen) atoms. The highest BCUT2D eigenvalue weighted by molar-refractivity contribution is 6.31. The Hall–Kier alpha value is -6.53. The van der Waals surface area contributed by atoms with Crippen molar-refractivity contribution in [3.05, 3.63) is 34.3 Å². The number of nitrogens with zero attached hydrogens (tertiary/aromatic N) is 7. The van der Waals surface area contributed by atoms with Gasteiger partial charge in [0.05, 0.1) is 30.2 Å². The zero-order valence-corrected chi connectivity index (χ0v) is 54.5. The second-order valence-corrected chi connectivity index (χ2v) is 26.6. The van der Waals surface area contributed by atoms with Gasteiger partial charge >= 0.3 is 6.18 Å². The van der Waals surface area contributed by atoms with Crippen molar-refractivity contribution in [2.24, 2.45) is 23.7 Å². The number of hydrogen-bond acceptors (Lipinski definition) is 11. The van der Waals surface area contributed by atoms with Crippen molar-refractivity contribution in [3.63, 3.8) is 0 Å². The SMILES string of the molecule is CC[C@H](C)[C@@H]1NC(=O)[C@H](C2CC2)N(C)C(=O)C[C@@H](C)NC(=O)[C@H](C(C)C)N(C)C(=O)C2(CCCC2)NC(=O)[C@@H]2CCCN2C(=O)[C@H](CCc2ccc(C(F)(F)F)c(Cl)c2)NC(=O)CN(C)C(=O)[C@H](CC2CCCCC2)N(C)C(=O)CN(C)C(=O)CN(C)C1=O. The lowest BCUT2D eigenvalue weighted by molar-refractivity contribution is -0.149. The van der Waals surface area contributed by atoms with Crippen LogP contribution in [0.5, 0.6) is 0 Å². The molecule has 2 aliphatic heterocycles. The number of amides is 11. The lowest BCUT2D eigenvalue weighted by Gasteiger charge is -2.39. The number of rotatable bonds is 9. The molecule has 496 valence electrons. The van der Waals surface area contributed by atoms with Crippen LogP contribution in [0.4, 0.5) is 13.2 Å². The molecule has 2 heterocycles. The molecule has 0 unspecified atom stereocenters. The molecule has 0 bridgehead atoms. The van der Waals surface area contributed by atoms with Crippen LogP contribution in [0.1, 0.15) is 155 Å². The van der Waals surface area contributed by atoms with Gasteiger partial charge < -0.3 is 55.6 Å². The van der Waals surface area contributed by atoms with E-state index in [9.17, 15) is 65.9 Å². The summed E-state index contributed by atoms with van der Waals surface area (Å²) in [4.78, 5) is 168. The topological polar surface area (TPSA) is 259 Å². The summed E-state index contributed by atoms with van der Waals surface area (Å²) in [7, 11) is 8.59. The molecule has 22 nitrogen and oxygen atoms in total. The Labute approximate surface area is 526 Å². The highest BCUT2D eigenvalue weighted by Gasteiger charge is 2.50. The average Bonchev–Trinajstić information content (AvgIpc) is 1.87. The molecule has 3 saturated carbocycles. The van der Waals surface area contributed by atoms with Crippen LogP contribution in [-0.4, -0.2) is 216 Å². The summed E-state index contributed by atoms with van der Waals surface area (Å²) in [5.41, 5.74) is -2.24. The molecular weight excluding hydrogens is 1180 g/mol. The minimum Gasteiger partial charge on any atom is -0.351 e. The second kappa shape index (κ2) is 31.0. The maximum absolute atomic E-state index is 15.0. The van der Waals surface area contributed by atoms with Gasteiger partial charge in [0.1, 0.15) is 41.8 Å².